The van der Waals surface area contributed by atoms with Gasteiger partial charge in [-0.3, -0.25) is 4.99 Å². The number of thiazole rings is 1. The van der Waals surface area contributed by atoms with E-state index in [1.54, 1.807) is 11.3 Å². The summed E-state index contributed by atoms with van der Waals surface area (Å²) < 4.78 is 6.00. The summed E-state index contributed by atoms with van der Waals surface area (Å²) in [4.78, 5) is 17.4. The van der Waals surface area contributed by atoms with Crippen molar-refractivity contribution >= 4 is 39.8 Å². The van der Waals surface area contributed by atoms with Gasteiger partial charge in [-0.15, -0.1) is 11.3 Å². The Kier molecular flexibility index (Phi) is 5.83. The van der Waals surface area contributed by atoms with Gasteiger partial charge in [-0.2, -0.15) is 0 Å². The van der Waals surface area contributed by atoms with Gasteiger partial charge in [0.15, 0.2) is 10.8 Å². The second-order valence-corrected chi connectivity index (χ2v) is 8.83. The third-order valence-corrected chi connectivity index (χ3v) is 6.63. The smallest absolute Gasteiger partial charge is 0.185 e. The first-order chi connectivity index (χ1) is 13.6. The van der Waals surface area contributed by atoms with Crippen LogP contribution in [0.2, 0.25) is 0 Å². The van der Waals surface area contributed by atoms with E-state index in [0.717, 1.165) is 46.9 Å². The van der Waals surface area contributed by atoms with Crippen LogP contribution in [0.3, 0.4) is 0 Å². The van der Waals surface area contributed by atoms with E-state index in [-0.39, 0.29) is 6.04 Å². The summed E-state index contributed by atoms with van der Waals surface area (Å²) in [6, 6.07) is 6.69. The summed E-state index contributed by atoms with van der Waals surface area (Å²) >= 11 is 4.44. The first-order valence-corrected chi connectivity index (χ1v) is 11.2. The minimum atomic E-state index is 0.128. The summed E-state index contributed by atoms with van der Waals surface area (Å²) in [7, 11) is 0. The zero-order valence-corrected chi connectivity index (χ0v) is 18.2. The van der Waals surface area contributed by atoms with Crippen LogP contribution in [-0.4, -0.2) is 69.5 Å². The van der Waals surface area contributed by atoms with E-state index in [4.69, 9.17) is 15.5 Å². The molecule has 1 saturated heterocycles. The number of nitrogens with two attached hydrogens (primary N) is 1. The van der Waals surface area contributed by atoms with Crippen molar-refractivity contribution in [1.82, 2.24) is 9.88 Å². The van der Waals surface area contributed by atoms with Crippen molar-refractivity contribution in [2.75, 3.05) is 25.1 Å². The normalized spacial score (nSPS) is 17.9. The Morgan fingerprint density at radius 2 is 2.29 bits per heavy atom. The summed E-state index contributed by atoms with van der Waals surface area (Å²) in [5.74, 6) is 2.09. The van der Waals surface area contributed by atoms with E-state index in [0.29, 0.717) is 18.4 Å². The van der Waals surface area contributed by atoms with Gasteiger partial charge in [0, 0.05) is 41.9 Å². The van der Waals surface area contributed by atoms with E-state index >= 15 is 0 Å². The van der Waals surface area contributed by atoms with Crippen LogP contribution >= 0.6 is 11.3 Å². The number of hydrogen-bond acceptors (Lipinski definition) is 5. The number of amidine groups is 1. The highest BCUT2D eigenvalue weighted by Crippen LogP contribution is 2.40. The second-order valence-electron chi connectivity index (χ2n) is 7.38. The fraction of sp³-hybridized carbons (Fsp3) is 0.450. The Morgan fingerprint density at radius 1 is 1.46 bits per heavy atom. The number of ether oxygens (including phenoxy) is 1. The van der Waals surface area contributed by atoms with Crippen LogP contribution in [0.25, 0.3) is 11.3 Å². The van der Waals surface area contributed by atoms with Crippen LogP contribution in [0.4, 0.5) is 0 Å². The molecule has 2 radical (unpaired) electrons. The molecule has 0 saturated carbocycles. The SMILES string of the molecule is CC(C)N=C(N=CN)c1nc2c(s1)CCOc1ccc(C3CN([CH2][Al])C3)cc1-2. The minimum absolute atomic E-state index is 0.128. The van der Waals surface area contributed by atoms with Crippen molar-refractivity contribution in [3.05, 3.63) is 33.6 Å². The Bertz CT molecular complexity index is 917. The van der Waals surface area contributed by atoms with Gasteiger partial charge in [-0.1, -0.05) is 11.5 Å². The van der Waals surface area contributed by atoms with Gasteiger partial charge in [-0.05, 0) is 31.5 Å². The number of likely N-dealkylation sites (tertiary alicyclic amines) is 1. The van der Waals surface area contributed by atoms with Crippen LogP contribution in [0.5, 0.6) is 5.75 Å². The summed E-state index contributed by atoms with van der Waals surface area (Å²) in [6.45, 7) is 6.92. The van der Waals surface area contributed by atoms with E-state index in [9.17, 15) is 0 Å². The van der Waals surface area contributed by atoms with E-state index in [2.05, 4.69) is 49.4 Å². The molecule has 2 N–H and O–H groups in total. The lowest BCUT2D eigenvalue weighted by molar-refractivity contribution is 0.177. The average Bonchev–Trinajstić information content (AvgIpc) is 2.97. The highest BCUT2D eigenvalue weighted by molar-refractivity contribution is 7.14. The molecule has 2 aromatic rings. The molecule has 2 aliphatic heterocycles. The summed E-state index contributed by atoms with van der Waals surface area (Å²) in [5, 5.41) is 1.85. The molecule has 0 atom stereocenters. The zero-order chi connectivity index (χ0) is 19.7. The number of fused-ring (bicyclic) bond motifs is 3. The van der Waals surface area contributed by atoms with E-state index in [1.807, 2.05) is 13.8 Å². The van der Waals surface area contributed by atoms with Gasteiger partial charge in [0.2, 0.25) is 0 Å². The average molecular weight is 409 g/mol. The second kappa shape index (κ2) is 8.34. The molecule has 28 heavy (non-hydrogen) atoms. The maximum absolute atomic E-state index is 6.00. The molecule has 144 valence electrons. The molecule has 1 aromatic carbocycles. The Morgan fingerprint density at radius 3 is 3.00 bits per heavy atom. The maximum atomic E-state index is 6.00. The highest BCUT2D eigenvalue weighted by Gasteiger charge is 2.28. The largest absolute Gasteiger partial charge is 0.493 e. The standard InChI is InChI=1S/C20H24N5OS.Al/c1-12(2)23-19(22-11-21)20-24-18-15-8-13(14-9-25(3)10-14)4-5-16(15)26-7-6-17(18)27-20;/h4-5,8,11-12,14H,3,6-7,9-10H2,1-2H3,(H2,21,22,23);. The summed E-state index contributed by atoms with van der Waals surface area (Å²) in [6.07, 6.45) is 2.12. The number of hydrogen-bond donors (Lipinski definition) is 1. The van der Waals surface area contributed by atoms with Crippen molar-refractivity contribution in [3.8, 4) is 17.0 Å². The molecule has 1 aromatic heterocycles. The summed E-state index contributed by atoms with van der Waals surface area (Å²) in [5.41, 5.74) is 8.98. The quantitative estimate of drug-likeness (QED) is 0.478. The molecule has 4 rings (SSSR count). The molecule has 6 nitrogen and oxygen atoms in total. The first-order valence-electron chi connectivity index (χ1n) is 9.60. The zero-order valence-electron chi connectivity index (χ0n) is 16.3. The number of rotatable bonds is 4. The molecule has 1 fully saturated rings. The molecule has 2 aliphatic rings. The lowest BCUT2D eigenvalue weighted by Gasteiger charge is -2.39. The number of nitrogens with zero attached hydrogens (tertiary/aromatic N) is 4. The lowest BCUT2D eigenvalue weighted by atomic mass is 9.90. The van der Waals surface area contributed by atoms with Crippen molar-refractivity contribution < 1.29 is 4.74 Å². The van der Waals surface area contributed by atoms with Crippen LogP contribution in [-0.2, 0) is 6.42 Å². The fourth-order valence-corrected chi connectivity index (χ4v) is 4.88. The van der Waals surface area contributed by atoms with Gasteiger partial charge < -0.3 is 15.4 Å². The molecule has 0 bridgehead atoms. The van der Waals surface area contributed by atoms with E-state index in [1.165, 1.54) is 16.8 Å². The van der Waals surface area contributed by atoms with Crippen LogP contribution < -0.4 is 10.5 Å². The number of aliphatic imine (C=N–C) groups is 2. The van der Waals surface area contributed by atoms with Crippen LogP contribution in [0.1, 0.15) is 35.2 Å². The Hall–Kier alpha value is -1.72. The Labute approximate surface area is 178 Å². The molecular weight excluding hydrogens is 385 g/mol. The molecule has 0 amide bonds. The monoisotopic (exact) mass is 409 g/mol. The first kappa shape index (κ1) is 19.6. The highest BCUT2D eigenvalue weighted by atomic mass is 32.1. The molecule has 0 spiro atoms. The van der Waals surface area contributed by atoms with Gasteiger partial charge in [0.25, 0.3) is 0 Å². The van der Waals surface area contributed by atoms with Gasteiger partial charge in [-0.25, -0.2) is 9.98 Å². The molecule has 8 heteroatoms. The lowest BCUT2D eigenvalue weighted by Crippen LogP contribution is -2.45. The minimum Gasteiger partial charge on any atom is -0.493 e. The molecule has 0 unspecified atom stereocenters. The van der Waals surface area contributed by atoms with Crippen LogP contribution in [0, 0.1) is 0 Å². The van der Waals surface area contributed by atoms with E-state index < -0.39 is 0 Å². The molecule has 3 heterocycles. The van der Waals surface area contributed by atoms with Gasteiger partial charge in [0.05, 0.1) is 18.6 Å². The Balaban J connectivity index is 1.73. The van der Waals surface area contributed by atoms with Gasteiger partial charge >= 0.3 is 0 Å². The third kappa shape index (κ3) is 3.88. The van der Waals surface area contributed by atoms with Gasteiger partial charge in [0.1, 0.15) is 22.0 Å². The predicted molar refractivity (Wildman–Crippen MR) is 116 cm³/mol. The molecular formula is C20H24AlN5OS. The molecule has 0 aliphatic carbocycles. The van der Waals surface area contributed by atoms with Crippen LogP contribution in [0.15, 0.2) is 28.2 Å². The van der Waals surface area contributed by atoms with Crippen molar-refractivity contribution in [2.24, 2.45) is 15.7 Å². The third-order valence-electron chi connectivity index (χ3n) is 5.00. The number of benzene rings is 1. The fourth-order valence-electron chi connectivity index (χ4n) is 3.58. The van der Waals surface area contributed by atoms with Crippen molar-refractivity contribution in [3.63, 3.8) is 0 Å². The van der Waals surface area contributed by atoms with Crippen molar-refractivity contribution in [1.29, 1.82) is 0 Å². The maximum Gasteiger partial charge on any atom is 0.185 e. The number of aromatic nitrogens is 1. The van der Waals surface area contributed by atoms with Crippen molar-refractivity contribution in [2.45, 2.75) is 32.2 Å². The topological polar surface area (TPSA) is 76.1 Å². The predicted octanol–water partition coefficient (Wildman–Crippen LogP) is 2.41.